The van der Waals surface area contributed by atoms with E-state index in [0.29, 0.717) is 29.9 Å². The van der Waals surface area contributed by atoms with Crippen LogP contribution in [0.1, 0.15) is 20.7 Å². The molecule has 1 saturated heterocycles. The fraction of sp³-hybridized carbons (Fsp3) is 0.176. The third-order valence-corrected chi connectivity index (χ3v) is 3.75. The Kier molecular flexibility index (Phi) is 4.14. The van der Waals surface area contributed by atoms with Gasteiger partial charge < -0.3 is 9.80 Å². The predicted octanol–water partition coefficient (Wildman–Crippen LogP) is 1.38. The molecule has 6 nitrogen and oxygen atoms in total. The lowest BCUT2D eigenvalue weighted by atomic mass is 10.1. The summed E-state index contributed by atoms with van der Waals surface area (Å²) in [4.78, 5) is 42.6. The highest BCUT2D eigenvalue weighted by molar-refractivity contribution is 6.01. The van der Waals surface area contributed by atoms with E-state index >= 15 is 0 Å². The maximum Gasteiger partial charge on any atom is 0.254 e. The van der Waals surface area contributed by atoms with Crippen LogP contribution in [0.3, 0.4) is 0 Å². The summed E-state index contributed by atoms with van der Waals surface area (Å²) in [5.74, 6) is -0.344. The Labute approximate surface area is 133 Å². The number of piperazine rings is 1. The summed E-state index contributed by atoms with van der Waals surface area (Å²) in [5, 5.41) is 0. The number of anilines is 1. The Bertz CT molecular complexity index is 746. The van der Waals surface area contributed by atoms with Crippen LogP contribution in [0.25, 0.3) is 0 Å². The molecule has 0 atom stereocenters. The molecule has 6 heteroatoms. The first-order chi connectivity index (χ1) is 11.2. The molecule has 0 spiro atoms. The zero-order valence-electron chi connectivity index (χ0n) is 12.4. The van der Waals surface area contributed by atoms with Gasteiger partial charge >= 0.3 is 0 Å². The largest absolute Gasteiger partial charge is 0.328 e. The van der Waals surface area contributed by atoms with E-state index < -0.39 is 0 Å². The zero-order valence-corrected chi connectivity index (χ0v) is 12.4. The average Bonchev–Trinajstić information content (AvgIpc) is 2.61. The van der Waals surface area contributed by atoms with Crippen molar-refractivity contribution in [2.45, 2.75) is 0 Å². The molecule has 2 aromatic rings. The number of carbonyl (C=O) groups excluding carboxylic acids is 3. The van der Waals surface area contributed by atoms with Crippen LogP contribution in [0, 0.1) is 0 Å². The van der Waals surface area contributed by atoms with Crippen LogP contribution >= 0.6 is 0 Å². The van der Waals surface area contributed by atoms with Crippen molar-refractivity contribution in [3.8, 4) is 0 Å². The highest BCUT2D eigenvalue weighted by Crippen LogP contribution is 2.19. The number of aromatic nitrogens is 1. The van der Waals surface area contributed by atoms with E-state index in [9.17, 15) is 14.4 Å². The summed E-state index contributed by atoms with van der Waals surface area (Å²) in [6.45, 7) is 0.864. The maximum atomic E-state index is 12.4. The van der Waals surface area contributed by atoms with Gasteiger partial charge in [0.1, 0.15) is 12.8 Å². The molecule has 1 aromatic heterocycles. The Hall–Kier alpha value is -3.02. The van der Waals surface area contributed by atoms with E-state index in [2.05, 4.69) is 4.98 Å². The van der Waals surface area contributed by atoms with Crippen molar-refractivity contribution in [1.29, 1.82) is 0 Å². The minimum atomic E-state index is -0.179. The standard InChI is InChI=1S/C17H15N3O3/c21-12-13-2-1-3-15(10-13)20-9-8-19(11-16(20)22)17(23)14-4-6-18-7-5-14/h1-7,10,12H,8-9,11H2. The molecule has 1 fully saturated rings. The fourth-order valence-corrected chi connectivity index (χ4v) is 2.56. The molecule has 0 N–H and O–H groups in total. The number of pyridine rings is 1. The molecule has 1 aliphatic rings. The van der Waals surface area contributed by atoms with Crippen LogP contribution in [0.5, 0.6) is 0 Å². The van der Waals surface area contributed by atoms with Gasteiger partial charge in [-0.2, -0.15) is 0 Å². The topological polar surface area (TPSA) is 70.6 Å². The van der Waals surface area contributed by atoms with E-state index in [1.807, 2.05) is 0 Å². The van der Waals surface area contributed by atoms with Crippen molar-refractivity contribution in [1.82, 2.24) is 9.88 Å². The normalized spacial score (nSPS) is 14.7. The van der Waals surface area contributed by atoms with Crippen molar-refractivity contribution >= 4 is 23.8 Å². The number of hydrogen-bond donors (Lipinski definition) is 0. The molecular weight excluding hydrogens is 294 g/mol. The third-order valence-electron chi connectivity index (χ3n) is 3.75. The first kappa shape index (κ1) is 14.9. The molecule has 1 aliphatic heterocycles. The SMILES string of the molecule is O=Cc1cccc(N2CCN(C(=O)c3ccncc3)CC2=O)c1. The molecule has 0 saturated carbocycles. The number of carbonyl (C=O) groups is 3. The Morgan fingerprint density at radius 3 is 2.61 bits per heavy atom. The van der Waals surface area contributed by atoms with Crippen LogP contribution in [0.15, 0.2) is 48.8 Å². The Balaban J connectivity index is 1.73. The predicted molar refractivity (Wildman–Crippen MR) is 84.3 cm³/mol. The quantitative estimate of drug-likeness (QED) is 0.803. The lowest BCUT2D eigenvalue weighted by molar-refractivity contribution is -0.120. The first-order valence-corrected chi connectivity index (χ1v) is 7.24. The van der Waals surface area contributed by atoms with Gasteiger partial charge in [-0.3, -0.25) is 19.4 Å². The molecule has 1 aromatic carbocycles. The van der Waals surface area contributed by atoms with Crippen LogP contribution in [-0.4, -0.2) is 47.6 Å². The summed E-state index contributed by atoms with van der Waals surface area (Å²) < 4.78 is 0. The second kappa shape index (κ2) is 6.39. The highest BCUT2D eigenvalue weighted by atomic mass is 16.2. The molecule has 2 heterocycles. The van der Waals surface area contributed by atoms with E-state index in [1.54, 1.807) is 53.7 Å². The van der Waals surface area contributed by atoms with Gasteiger partial charge in [0, 0.05) is 42.3 Å². The Morgan fingerprint density at radius 1 is 1.13 bits per heavy atom. The van der Waals surface area contributed by atoms with Gasteiger partial charge in [0.15, 0.2) is 0 Å². The van der Waals surface area contributed by atoms with Gasteiger partial charge in [-0.05, 0) is 24.3 Å². The summed E-state index contributed by atoms with van der Waals surface area (Å²) in [7, 11) is 0. The van der Waals surface area contributed by atoms with E-state index in [-0.39, 0.29) is 18.4 Å². The number of rotatable bonds is 3. The van der Waals surface area contributed by atoms with Crippen molar-refractivity contribution in [2.75, 3.05) is 24.5 Å². The minimum Gasteiger partial charge on any atom is -0.328 e. The van der Waals surface area contributed by atoms with Crippen molar-refractivity contribution in [2.24, 2.45) is 0 Å². The van der Waals surface area contributed by atoms with Gasteiger partial charge in [0.25, 0.3) is 5.91 Å². The number of benzene rings is 1. The number of amides is 2. The molecule has 0 aliphatic carbocycles. The first-order valence-electron chi connectivity index (χ1n) is 7.24. The Morgan fingerprint density at radius 2 is 1.91 bits per heavy atom. The van der Waals surface area contributed by atoms with Gasteiger partial charge in [-0.1, -0.05) is 12.1 Å². The molecule has 3 rings (SSSR count). The smallest absolute Gasteiger partial charge is 0.254 e. The molecule has 0 bridgehead atoms. The van der Waals surface area contributed by atoms with Crippen molar-refractivity contribution in [3.05, 3.63) is 59.9 Å². The van der Waals surface area contributed by atoms with Gasteiger partial charge in [-0.15, -0.1) is 0 Å². The molecule has 116 valence electrons. The molecule has 0 unspecified atom stereocenters. The second-order valence-corrected chi connectivity index (χ2v) is 5.22. The second-order valence-electron chi connectivity index (χ2n) is 5.22. The van der Waals surface area contributed by atoms with Crippen LogP contribution in [0.4, 0.5) is 5.69 Å². The number of aldehydes is 1. The van der Waals surface area contributed by atoms with Gasteiger partial charge in [-0.25, -0.2) is 0 Å². The minimum absolute atomic E-state index is 0.0203. The summed E-state index contributed by atoms with van der Waals surface area (Å²) >= 11 is 0. The maximum absolute atomic E-state index is 12.4. The van der Waals surface area contributed by atoms with Gasteiger partial charge in [0.2, 0.25) is 5.91 Å². The summed E-state index contributed by atoms with van der Waals surface area (Å²) in [5.41, 5.74) is 1.71. The van der Waals surface area contributed by atoms with Crippen LogP contribution < -0.4 is 4.90 Å². The highest BCUT2D eigenvalue weighted by Gasteiger charge is 2.28. The monoisotopic (exact) mass is 309 g/mol. The third kappa shape index (κ3) is 3.11. The average molecular weight is 309 g/mol. The van der Waals surface area contributed by atoms with Crippen molar-refractivity contribution < 1.29 is 14.4 Å². The van der Waals surface area contributed by atoms with E-state index in [1.165, 1.54) is 4.90 Å². The molecule has 23 heavy (non-hydrogen) atoms. The number of nitrogens with zero attached hydrogens (tertiary/aromatic N) is 3. The molecule has 0 radical (unpaired) electrons. The van der Waals surface area contributed by atoms with Crippen molar-refractivity contribution in [3.63, 3.8) is 0 Å². The molecule has 2 amide bonds. The number of hydrogen-bond acceptors (Lipinski definition) is 4. The lowest BCUT2D eigenvalue weighted by Crippen LogP contribution is -2.52. The van der Waals surface area contributed by atoms with Gasteiger partial charge in [0.05, 0.1) is 0 Å². The zero-order chi connectivity index (χ0) is 16.2. The van der Waals surface area contributed by atoms with E-state index in [0.717, 1.165) is 6.29 Å². The summed E-state index contributed by atoms with van der Waals surface area (Å²) in [6, 6.07) is 10.1. The van der Waals surface area contributed by atoms with Crippen LogP contribution in [-0.2, 0) is 4.79 Å². The molecular formula is C17H15N3O3. The lowest BCUT2D eigenvalue weighted by Gasteiger charge is -2.34. The fourth-order valence-electron chi connectivity index (χ4n) is 2.56. The van der Waals surface area contributed by atoms with E-state index in [4.69, 9.17) is 0 Å². The summed E-state index contributed by atoms with van der Waals surface area (Å²) in [6.07, 6.45) is 3.85. The van der Waals surface area contributed by atoms with Crippen LogP contribution in [0.2, 0.25) is 0 Å².